The zero-order valence-corrected chi connectivity index (χ0v) is 18.6. The lowest BCUT2D eigenvalue weighted by Gasteiger charge is -2.27. The second kappa shape index (κ2) is 10.3. The standard InChI is InChI=1S/C28H36O2/c1-3-21(2)23-13-16-25(17-14-23)30-28(29-20-19-22-9-5-4-6-10-22)27-18-15-24-11-7-8-12-26(24)27/h7-8,11-18,21-22,27-28H,3-6,9-10,19-20H2,1-2H3. The molecule has 0 N–H and O–H groups in total. The van der Waals surface area contributed by atoms with Gasteiger partial charge in [-0.15, -0.1) is 0 Å². The van der Waals surface area contributed by atoms with Crippen molar-refractivity contribution in [3.05, 3.63) is 71.3 Å². The van der Waals surface area contributed by atoms with Crippen LogP contribution >= 0.6 is 0 Å². The monoisotopic (exact) mass is 404 g/mol. The van der Waals surface area contributed by atoms with Gasteiger partial charge >= 0.3 is 0 Å². The summed E-state index contributed by atoms with van der Waals surface area (Å²) in [6, 6.07) is 17.2. The molecule has 0 aromatic heterocycles. The van der Waals surface area contributed by atoms with Gasteiger partial charge in [0.15, 0.2) is 0 Å². The normalized spacial score (nSPS) is 20.7. The molecule has 4 rings (SSSR count). The Bertz CT molecular complexity index is 817. The van der Waals surface area contributed by atoms with E-state index in [1.54, 1.807) is 0 Å². The summed E-state index contributed by atoms with van der Waals surface area (Å²) in [6.45, 7) is 5.27. The lowest BCUT2D eigenvalue weighted by atomic mass is 9.87. The molecule has 0 bridgehead atoms. The SMILES string of the molecule is CCC(C)c1ccc(OC(OCCC2CCCCC2)C2C=Cc3ccccc32)cc1. The van der Waals surface area contributed by atoms with Crippen LogP contribution < -0.4 is 4.74 Å². The molecule has 3 atom stereocenters. The number of hydrogen-bond donors (Lipinski definition) is 0. The van der Waals surface area contributed by atoms with E-state index in [-0.39, 0.29) is 12.2 Å². The van der Waals surface area contributed by atoms with Crippen molar-refractivity contribution in [1.82, 2.24) is 0 Å². The number of hydrogen-bond acceptors (Lipinski definition) is 2. The van der Waals surface area contributed by atoms with Crippen LogP contribution in [0.3, 0.4) is 0 Å². The van der Waals surface area contributed by atoms with E-state index >= 15 is 0 Å². The average molecular weight is 405 g/mol. The first-order valence-corrected chi connectivity index (χ1v) is 11.9. The Labute approximate surface area is 182 Å². The highest BCUT2D eigenvalue weighted by atomic mass is 16.7. The van der Waals surface area contributed by atoms with Crippen molar-refractivity contribution in [3.8, 4) is 5.75 Å². The third-order valence-corrected chi connectivity index (χ3v) is 6.98. The van der Waals surface area contributed by atoms with Crippen molar-refractivity contribution in [2.24, 2.45) is 5.92 Å². The molecule has 2 aromatic rings. The summed E-state index contributed by atoms with van der Waals surface area (Å²) in [7, 11) is 0. The van der Waals surface area contributed by atoms with Gasteiger partial charge in [0.1, 0.15) is 5.75 Å². The number of rotatable bonds is 9. The molecule has 2 aliphatic carbocycles. The van der Waals surface area contributed by atoms with E-state index in [4.69, 9.17) is 9.47 Å². The molecule has 0 radical (unpaired) electrons. The van der Waals surface area contributed by atoms with Gasteiger partial charge in [0.25, 0.3) is 0 Å². The predicted octanol–water partition coefficient (Wildman–Crippen LogP) is 7.70. The first-order chi connectivity index (χ1) is 14.7. The highest BCUT2D eigenvalue weighted by Gasteiger charge is 2.29. The zero-order chi connectivity index (χ0) is 20.8. The van der Waals surface area contributed by atoms with Crippen molar-refractivity contribution in [1.29, 1.82) is 0 Å². The molecule has 2 nitrogen and oxygen atoms in total. The van der Waals surface area contributed by atoms with Crippen LogP contribution in [0.5, 0.6) is 5.75 Å². The molecule has 0 saturated heterocycles. The van der Waals surface area contributed by atoms with E-state index in [1.807, 2.05) is 0 Å². The molecule has 1 saturated carbocycles. The van der Waals surface area contributed by atoms with E-state index in [0.717, 1.165) is 31.1 Å². The van der Waals surface area contributed by atoms with E-state index in [0.29, 0.717) is 5.92 Å². The molecule has 3 unspecified atom stereocenters. The molecular formula is C28H36O2. The third-order valence-electron chi connectivity index (χ3n) is 6.98. The molecule has 30 heavy (non-hydrogen) atoms. The van der Waals surface area contributed by atoms with Crippen molar-refractivity contribution in [2.75, 3.05) is 6.61 Å². The largest absolute Gasteiger partial charge is 0.464 e. The molecule has 2 aliphatic rings. The zero-order valence-electron chi connectivity index (χ0n) is 18.6. The molecule has 2 aromatic carbocycles. The lowest BCUT2D eigenvalue weighted by molar-refractivity contribution is -0.0917. The van der Waals surface area contributed by atoms with Crippen LogP contribution in [0, 0.1) is 5.92 Å². The van der Waals surface area contributed by atoms with Gasteiger partial charge < -0.3 is 9.47 Å². The average Bonchev–Trinajstić information content (AvgIpc) is 3.23. The molecule has 2 heteroatoms. The van der Waals surface area contributed by atoms with Crippen LogP contribution in [0.2, 0.25) is 0 Å². The van der Waals surface area contributed by atoms with E-state index in [9.17, 15) is 0 Å². The fourth-order valence-electron chi connectivity index (χ4n) is 4.80. The van der Waals surface area contributed by atoms with E-state index < -0.39 is 0 Å². The molecule has 1 fully saturated rings. The molecule has 160 valence electrons. The predicted molar refractivity (Wildman–Crippen MR) is 125 cm³/mol. The Morgan fingerprint density at radius 1 is 0.967 bits per heavy atom. The van der Waals surface area contributed by atoms with Gasteiger partial charge in [-0.3, -0.25) is 0 Å². The Balaban J connectivity index is 1.45. The highest BCUT2D eigenvalue weighted by Crippen LogP contribution is 2.35. The first-order valence-electron chi connectivity index (χ1n) is 11.9. The van der Waals surface area contributed by atoms with Gasteiger partial charge in [-0.05, 0) is 53.5 Å². The number of benzene rings is 2. The maximum atomic E-state index is 6.44. The molecule has 0 amide bonds. The Morgan fingerprint density at radius 3 is 2.50 bits per heavy atom. The third kappa shape index (κ3) is 5.16. The first kappa shape index (κ1) is 21.2. The number of ether oxygens (including phenoxy) is 2. The lowest BCUT2D eigenvalue weighted by Crippen LogP contribution is -2.28. The summed E-state index contributed by atoms with van der Waals surface area (Å²) < 4.78 is 12.9. The van der Waals surface area contributed by atoms with Crippen molar-refractivity contribution < 1.29 is 9.47 Å². The summed E-state index contributed by atoms with van der Waals surface area (Å²) in [5.74, 6) is 2.43. The summed E-state index contributed by atoms with van der Waals surface area (Å²) in [4.78, 5) is 0. The second-order valence-electron chi connectivity index (χ2n) is 9.04. The number of fused-ring (bicyclic) bond motifs is 1. The summed E-state index contributed by atoms with van der Waals surface area (Å²) >= 11 is 0. The molecule has 0 aliphatic heterocycles. The Hall–Kier alpha value is -2.06. The summed E-state index contributed by atoms with van der Waals surface area (Å²) in [5, 5.41) is 0. The van der Waals surface area contributed by atoms with E-state index in [1.165, 1.54) is 48.8 Å². The summed E-state index contributed by atoms with van der Waals surface area (Å²) in [6.07, 6.45) is 13.3. The van der Waals surface area contributed by atoms with E-state index in [2.05, 4.69) is 74.5 Å². The van der Waals surface area contributed by atoms with Crippen LogP contribution in [-0.2, 0) is 4.74 Å². The molecular weight excluding hydrogens is 368 g/mol. The van der Waals surface area contributed by atoms with Gasteiger partial charge in [0, 0.05) is 0 Å². The topological polar surface area (TPSA) is 18.5 Å². The van der Waals surface area contributed by atoms with Crippen LogP contribution in [0.25, 0.3) is 6.08 Å². The van der Waals surface area contributed by atoms with Gasteiger partial charge in [0.05, 0.1) is 12.5 Å². The van der Waals surface area contributed by atoms with Crippen molar-refractivity contribution >= 4 is 6.08 Å². The maximum Gasteiger partial charge on any atom is 0.210 e. The van der Waals surface area contributed by atoms with Crippen molar-refractivity contribution in [2.45, 2.75) is 76.9 Å². The second-order valence-corrected chi connectivity index (χ2v) is 9.04. The van der Waals surface area contributed by atoms with Gasteiger partial charge in [0.2, 0.25) is 6.29 Å². The highest BCUT2D eigenvalue weighted by molar-refractivity contribution is 5.62. The van der Waals surface area contributed by atoms with Gasteiger partial charge in [-0.2, -0.15) is 0 Å². The fourth-order valence-corrected chi connectivity index (χ4v) is 4.80. The minimum absolute atomic E-state index is 0.141. The van der Waals surface area contributed by atoms with Crippen LogP contribution in [0.4, 0.5) is 0 Å². The molecule has 0 spiro atoms. The van der Waals surface area contributed by atoms with Crippen LogP contribution in [-0.4, -0.2) is 12.9 Å². The fraction of sp³-hybridized carbons (Fsp3) is 0.500. The quantitative estimate of drug-likeness (QED) is 0.399. The summed E-state index contributed by atoms with van der Waals surface area (Å²) in [5.41, 5.74) is 3.95. The maximum absolute atomic E-state index is 6.44. The molecule has 0 heterocycles. The Kier molecular flexibility index (Phi) is 7.28. The Morgan fingerprint density at radius 2 is 1.73 bits per heavy atom. The van der Waals surface area contributed by atoms with Crippen LogP contribution in [0.15, 0.2) is 54.6 Å². The minimum Gasteiger partial charge on any atom is -0.464 e. The van der Waals surface area contributed by atoms with Gasteiger partial charge in [-0.1, -0.05) is 94.5 Å². The smallest absolute Gasteiger partial charge is 0.210 e. The van der Waals surface area contributed by atoms with Crippen molar-refractivity contribution in [3.63, 3.8) is 0 Å². The minimum atomic E-state index is -0.289. The van der Waals surface area contributed by atoms with Crippen LogP contribution in [0.1, 0.15) is 87.3 Å². The van der Waals surface area contributed by atoms with Gasteiger partial charge in [-0.25, -0.2) is 0 Å².